The Kier molecular flexibility index (Phi) is 5.62. The van der Waals surface area contributed by atoms with Crippen molar-refractivity contribution in [2.75, 3.05) is 11.9 Å². The fourth-order valence-corrected chi connectivity index (χ4v) is 6.70. The number of allylic oxidation sites excluding steroid dienone is 2. The van der Waals surface area contributed by atoms with E-state index in [2.05, 4.69) is 35.4 Å². The van der Waals surface area contributed by atoms with E-state index in [1.165, 1.54) is 22.9 Å². The third kappa shape index (κ3) is 3.66. The predicted molar refractivity (Wildman–Crippen MR) is 124 cm³/mol. The van der Waals surface area contributed by atoms with Crippen molar-refractivity contribution >= 4 is 17.2 Å². The van der Waals surface area contributed by atoms with Crippen LogP contribution in [0.3, 0.4) is 0 Å². The molecule has 4 nitrogen and oxygen atoms in total. The number of aliphatic hydroxyl groups excluding tert-OH is 1. The number of aromatic nitrogens is 1. The Morgan fingerprint density at radius 2 is 2.16 bits per heavy atom. The molecule has 1 heterocycles. The molecular weight excluding hydrogens is 403 g/mol. The molecule has 3 aliphatic carbocycles. The number of halogens is 1. The summed E-state index contributed by atoms with van der Waals surface area (Å²) in [5.74, 6) is 1.44. The smallest absolute Gasteiger partial charge is 0.224 e. The van der Waals surface area contributed by atoms with Crippen molar-refractivity contribution in [3.63, 3.8) is 0 Å². The van der Waals surface area contributed by atoms with Gasteiger partial charge in [-0.2, -0.15) is 0 Å². The molecule has 1 saturated carbocycles. The topological polar surface area (TPSA) is 62.2 Å². The van der Waals surface area contributed by atoms with Crippen molar-refractivity contribution < 1.29 is 14.3 Å². The molecule has 4 atom stereocenters. The molecule has 1 aromatic carbocycles. The number of aliphatic hydroxyl groups is 1. The first-order valence-electron chi connectivity index (χ1n) is 11.8. The zero-order valence-electron chi connectivity index (χ0n) is 18.6. The molecule has 168 valence electrons. The van der Waals surface area contributed by atoms with Gasteiger partial charge in [-0.25, -0.2) is 4.39 Å². The molecule has 0 radical (unpaired) electrons. The number of carbonyl (C=O) groups is 1. The van der Waals surface area contributed by atoms with Crippen molar-refractivity contribution in [2.24, 2.45) is 17.3 Å². The zero-order valence-corrected chi connectivity index (χ0v) is 18.6. The Bertz CT molecular complexity index is 1070. The Balaban J connectivity index is 1.35. The molecule has 3 aliphatic rings. The summed E-state index contributed by atoms with van der Waals surface area (Å²) in [5, 5.41) is 11.9. The van der Waals surface area contributed by atoms with E-state index in [-0.39, 0.29) is 23.7 Å². The van der Waals surface area contributed by atoms with E-state index in [0.29, 0.717) is 30.6 Å². The van der Waals surface area contributed by atoms with Crippen LogP contribution in [0.5, 0.6) is 0 Å². The van der Waals surface area contributed by atoms with E-state index < -0.39 is 0 Å². The van der Waals surface area contributed by atoms with Crippen LogP contribution in [0.1, 0.15) is 68.1 Å². The summed E-state index contributed by atoms with van der Waals surface area (Å²) in [7, 11) is 0. The van der Waals surface area contributed by atoms with E-state index in [0.717, 1.165) is 43.4 Å². The lowest BCUT2D eigenvalue weighted by Gasteiger charge is -2.50. The first kappa shape index (κ1) is 21.3. The Morgan fingerprint density at radius 1 is 1.28 bits per heavy atom. The minimum Gasteiger partial charge on any atom is -0.396 e. The maximum Gasteiger partial charge on any atom is 0.224 e. The second-order valence-corrected chi connectivity index (χ2v) is 9.91. The SMILES string of the molecule is C[C@]12CC[C@@H]3c4ccc(NC(=O)CCCO)cc4CC[C@H]3[C@@H]1CC=C2c1cncc(F)c1. The molecule has 1 amide bonds. The number of nitrogens with one attached hydrogen (secondary N) is 1. The highest BCUT2D eigenvalue weighted by Gasteiger charge is 2.51. The van der Waals surface area contributed by atoms with Crippen molar-refractivity contribution in [1.82, 2.24) is 4.98 Å². The predicted octanol–water partition coefficient (Wildman–Crippen LogP) is 5.48. The van der Waals surface area contributed by atoms with Gasteiger partial charge >= 0.3 is 0 Å². The maximum atomic E-state index is 13.8. The second-order valence-electron chi connectivity index (χ2n) is 9.91. The molecule has 0 spiro atoms. The lowest BCUT2D eigenvalue weighted by Crippen LogP contribution is -2.40. The van der Waals surface area contributed by atoms with Gasteiger partial charge in [-0.15, -0.1) is 0 Å². The van der Waals surface area contributed by atoms with Crippen molar-refractivity contribution in [3.8, 4) is 0 Å². The van der Waals surface area contributed by atoms with Gasteiger partial charge < -0.3 is 10.4 Å². The number of anilines is 1. The van der Waals surface area contributed by atoms with E-state index in [4.69, 9.17) is 5.11 Å². The third-order valence-corrected chi connectivity index (χ3v) is 8.17. The Hall–Kier alpha value is -2.53. The quantitative estimate of drug-likeness (QED) is 0.655. The molecular formula is C27H31FN2O2. The average Bonchev–Trinajstić information content (AvgIpc) is 3.14. The summed E-state index contributed by atoms with van der Waals surface area (Å²) in [5.41, 5.74) is 5.95. The first-order chi connectivity index (χ1) is 15.5. The fourth-order valence-electron chi connectivity index (χ4n) is 6.70. The minimum atomic E-state index is -0.269. The number of amides is 1. The van der Waals surface area contributed by atoms with Gasteiger partial charge in [0.15, 0.2) is 0 Å². The number of rotatable bonds is 5. The number of hydrogen-bond donors (Lipinski definition) is 2. The van der Waals surface area contributed by atoms with Crippen molar-refractivity contribution in [1.29, 1.82) is 0 Å². The summed E-state index contributed by atoms with van der Waals surface area (Å²) < 4.78 is 13.8. The number of carbonyl (C=O) groups excluding carboxylic acids is 1. The molecule has 1 aromatic heterocycles. The minimum absolute atomic E-state index is 0.0348. The third-order valence-electron chi connectivity index (χ3n) is 8.17. The number of aryl methyl sites for hydroxylation is 1. The monoisotopic (exact) mass is 434 g/mol. The summed E-state index contributed by atoms with van der Waals surface area (Å²) in [6.45, 7) is 2.41. The van der Waals surface area contributed by atoms with Crippen LogP contribution in [0.2, 0.25) is 0 Å². The molecule has 5 rings (SSSR count). The van der Waals surface area contributed by atoms with Gasteiger partial charge in [0.2, 0.25) is 5.91 Å². The largest absolute Gasteiger partial charge is 0.396 e. The standard InChI is InChI=1S/C27H31FN2O2/c1-27-11-10-22-21-7-5-20(30-26(32)3-2-12-31)14-17(21)4-6-23(22)25(27)9-8-24(27)18-13-19(28)16-29-15-18/h5,7-8,13-16,22-23,25,31H,2-4,6,9-12H2,1H3,(H,30,32)/t22-,23-,25+,27-/m1/s1. The number of hydrogen-bond acceptors (Lipinski definition) is 3. The lowest BCUT2D eigenvalue weighted by atomic mass is 9.54. The van der Waals surface area contributed by atoms with E-state index in [1.807, 2.05) is 6.07 Å². The Labute approximate surface area is 189 Å². The van der Waals surface area contributed by atoms with Gasteiger partial charge in [0, 0.05) is 24.9 Å². The Morgan fingerprint density at radius 3 is 2.97 bits per heavy atom. The highest BCUT2D eigenvalue weighted by molar-refractivity contribution is 5.90. The molecule has 0 saturated heterocycles. The van der Waals surface area contributed by atoms with E-state index >= 15 is 0 Å². The van der Waals surface area contributed by atoms with E-state index in [9.17, 15) is 9.18 Å². The second kappa shape index (κ2) is 8.43. The molecule has 32 heavy (non-hydrogen) atoms. The maximum absolute atomic E-state index is 13.8. The number of benzene rings is 1. The molecule has 1 fully saturated rings. The van der Waals surface area contributed by atoms with Crippen molar-refractivity contribution in [3.05, 3.63) is 65.2 Å². The number of nitrogens with zero attached hydrogens (tertiary/aromatic N) is 1. The van der Waals surface area contributed by atoms with Gasteiger partial charge in [-0.05, 0) is 102 Å². The van der Waals surface area contributed by atoms with Crippen LogP contribution >= 0.6 is 0 Å². The lowest BCUT2D eigenvalue weighted by molar-refractivity contribution is -0.116. The molecule has 5 heteroatoms. The van der Waals surface area contributed by atoms with Crippen LogP contribution in [0, 0.1) is 23.1 Å². The van der Waals surface area contributed by atoms with Crippen LogP contribution in [0.25, 0.3) is 5.57 Å². The normalized spacial score (nSPS) is 28.3. The zero-order chi connectivity index (χ0) is 22.3. The molecule has 0 bridgehead atoms. The van der Waals surface area contributed by atoms with Crippen LogP contribution in [0.4, 0.5) is 10.1 Å². The molecule has 0 aliphatic heterocycles. The highest BCUT2D eigenvalue weighted by atomic mass is 19.1. The number of pyridine rings is 1. The fraction of sp³-hybridized carbons (Fsp3) is 0.481. The van der Waals surface area contributed by atoms with Gasteiger partial charge in [-0.1, -0.05) is 19.1 Å². The van der Waals surface area contributed by atoms with Crippen molar-refractivity contribution in [2.45, 2.75) is 57.8 Å². The molecule has 0 unspecified atom stereocenters. The van der Waals surface area contributed by atoms with Gasteiger partial charge in [-0.3, -0.25) is 9.78 Å². The van der Waals surface area contributed by atoms with Gasteiger partial charge in [0.05, 0.1) is 6.20 Å². The first-order valence-corrected chi connectivity index (χ1v) is 11.8. The van der Waals surface area contributed by atoms with Gasteiger partial charge in [0.1, 0.15) is 5.82 Å². The number of fused-ring (bicyclic) bond motifs is 5. The summed E-state index contributed by atoms with van der Waals surface area (Å²) >= 11 is 0. The van der Waals surface area contributed by atoms with Crippen LogP contribution < -0.4 is 5.32 Å². The molecule has 2 aromatic rings. The summed E-state index contributed by atoms with van der Waals surface area (Å²) in [6.07, 6.45) is 11.7. The summed E-state index contributed by atoms with van der Waals surface area (Å²) in [6, 6.07) is 8.02. The average molecular weight is 435 g/mol. The molecule has 2 N–H and O–H groups in total. The summed E-state index contributed by atoms with van der Waals surface area (Å²) in [4.78, 5) is 16.1. The van der Waals surface area contributed by atoms with Crippen LogP contribution in [-0.4, -0.2) is 22.6 Å². The van der Waals surface area contributed by atoms with E-state index in [1.54, 1.807) is 12.3 Å². The van der Waals surface area contributed by atoms with Crippen LogP contribution in [-0.2, 0) is 11.2 Å². The van der Waals surface area contributed by atoms with Crippen LogP contribution in [0.15, 0.2) is 42.7 Å². The highest BCUT2D eigenvalue weighted by Crippen LogP contribution is 2.63. The van der Waals surface area contributed by atoms with Gasteiger partial charge in [0.25, 0.3) is 0 Å².